The molecular formula is C21H25N5O2. The fourth-order valence-electron chi connectivity index (χ4n) is 3.64. The van der Waals surface area contributed by atoms with Gasteiger partial charge in [0.2, 0.25) is 5.91 Å². The average molecular weight is 379 g/mol. The molecule has 1 amide bonds. The van der Waals surface area contributed by atoms with Crippen LogP contribution in [0.25, 0.3) is 5.65 Å². The highest BCUT2D eigenvalue weighted by molar-refractivity contribution is 5.76. The summed E-state index contributed by atoms with van der Waals surface area (Å²) in [6.45, 7) is 3.19. The molecular weight excluding hydrogens is 354 g/mol. The van der Waals surface area contributed by atoms with Crippen LogP contribution in [0.15, 0.2) is 48.7 Å². The first-order valence-corrected chi connectivity index (χ1v) is 9.70. The summed E-state index contributed by atoms with van der Waals surface area (Å²) >= 11 is 0. The summed E-state index contributed by atoms with van der Waals surface area (Å²) in [6.07, 6.45) is 4.04. The van der Waals surface area contributed by atoms with Gasteiger partial charge in [-0.1, -0.05) is 12.1 Å². The van der Waals surface area contributed by atoms with E-state index in [2.05, 4.69) is 21.2 Å². The molecule has 1 aliphatic heterocycles. The van der Waals surface area contributed by atoms with Gasteiger partial charge in [-0.05, 0) is 30.7 Å². The third-order valence-corrected chi connectivity index (χ3v) is 5.23. The van der Waals surface area contributed by atoms with Crippen molar-refractivity contribution in [3.63, 3.8) is 0 Å². The van der Waals surface area contributed by atoms with E-state index in [0.717, 1.165) is 61.9 Å². The first-order valence-electron chi connectivity index (χ1n) is 9.70. The van der Waals surface area contributed by atoms with Crippen molar-refractivity contribution < 1.29 is 9.53 Å². The van der Waals surface area contributed by atoms with Gasteiger partial charge < -0.3 is 14.5 Å². The van der Waals surface area contributed by atoms with Gasteiger partial charge in [0.05, 0.1) is 7.11 Å². The molecule has 0 spiro atoms. The third kappa shape index (κ3) is 3.93. The minimum absolute atomic E-state index is 0.221. The number of ether oxygens (including phenoxy) is 1. The lowest BCUT2D eigenvalue weighted by Crippen LogP contribution is -2.48. The van der Waals surface area contributed by atoms with Crippen LogP contribution in [0, 0.1) is 0 Å². The van der Waals surface area contributed by atoms with Crippen LogP contribution in [0.4, 0.5) is 5.69 Å². The maximum Gasteiger partial charge on any atom is 0.222 e. The van der Waals surface area contributed by atoms with E-state index < -0.39 is 0 Å². The fraction of sp³-hybridized carbons (Fsp3) is 0.381. The number of piperazine rings is 1. The molecule has 1 aliphatic rings. The lowest BCUT2D eigenvalue weighted by molar-refractivity contribution is -0.131. The monoisotopic (exact) mass is 379 g/mol. The highest BCUT2D eigenvalue weighted by Crippen LogP contribution is 2.22. The first-order chi connectivity index (χ1) is 13.7. The summed E-state index contributed by atoms with van der Waals surface area (Å²) in [5, 5.41) is 8.39. The quantitative estimate of drug-likeness (QED) is 0.658. The number of aryl methyl sites for hydroxylation is 1. The largest absolute Gasteiger partial charge is 0.497 e. The molecule has 7 nitrogen and oxygen atoms in total. The van der Waals surface area contributed by atoms with Crippen LogP contribution in [-0.2, 0) is 11.2 Å². The van der Waals surface area contributed by atoms with Crippen LogP contribution in [0.3, 0.4) is 0 Å². The van der Waals surface area contributed by atoms with E-state index in [4.69, 9.17) is 4.74 Å². The number of fused-ring (bicyclic) bond motifs is 1. The smallest absolute Gasteiger partial charge is 0.222 e. The third-order valence-electron chi connectivity index (χ3n) is 5.23. The Labute approximate surface area is 164 Å². The van der Waals surface area contributed by atoms with Crippen molar-refractivity contribution in [2.24, 2.45) is 0 Å². The average Bonchev–Trinajstić information content (AvgIpc) is 3.17. The van der Waals surface area contributed by atoms with Crippen LogP contribution < -0.4 is 9.64 Å². The van der Waals surface area contributed by atoms with Gasteiger partial charge in [-0.3, -0.25) is 9.20 Å². The minimum atomic E-state index is 0.221. The number of carbonyl (C=O) groups excluding carboxylic acids is 1. The summed E-state index contributed by atoms with van der Waals surface area (Å²) < 4.78 is 7.29. The number of aromatic nitrogens is 3. The van der Waals surface area contributed by atoms with Gasteiger partial charge in [0.1, 0.15) is 11.6 Å². The normalized spacial score (nSPS) is 14.5. The zero-order valence-corrected chi connectivity index (χ0v) is 16.1. The molecule has 7 heteroatoms. The molecule has 0 bridgehead atoms. The Bertz CT molecular complexity index is 947. The number of hydrogen-bond donors (Lipinski definition) is 0. The van der Waals surface area contributed by atoms with E-state index in [1.54, 1.807) is 7.11 Å². The van der Waals surface area contributed by atoms with Gasteiger partial charge in [0.25, 0.3) is 0 Å². The van der Waals surface area contributed by atoms with E-state index in [0.29, 0.717) is 6.42 Å². The zero-order chi connectivity index (χ0) is 19.3. The summed E-state index contributed by atoms with van der Waals surface area (Å²) in [7, 11) is 1.68. The second-order valence-electron chi connectivity index (χ2n) is 6.97. The van der Waals surface area contributed by atoms with Crippen molar-refractivity contribution in [1.82, 2.24) is 19.5 Å². The molecule has 2 aromatic heterocycles. The Morgan fingerprint density at radius 2 is 1.93 bits per heavy atom. The lowest BCUT2D eigenvalue weighted by Gasteiger charge is -2.36. The van der Waals surface area contributed by atoms with E-state index >= 15 is 0 Å². The maximum absolute atomic E-state index is 12.6. The predicted molar refractivity (Wildman–Crippen MR) is 108 cm³/mol. The molecule has 28 heavy (non-hydrogen) atoms. The Hall–Kier alpha value is -3.09. The number of rotatable bonds is 6. The summed E-state index contributed by atoms with van der Waals surface area (Å²) in [4.78, 5) is 16.8. The molecule has 0 N–H and O–H groups in total. The summed E-state index contributed by atoms with van der Waals surface area (Å²) in [6, 6.07) is 13.9. The predicted octanol–water partition coefficient (Wildman–Crippen LogP) is 2.41. The van der Waals surface area contributed by atoms with Crippen molar-refractivity contribution in [3.05, 3.63) is 54.5 Å². The van der Waals surface area contributed by atoms with Crippen molar-refractivity contribution in [2.75, 3.05) is 38.2 Å². The molecule has 0 radical (unpaired) electrons. The van der Waals surface area contributed by atoms with Gasteiger partial charge in [-0.2, -0.15) is 0 Å². The Kier molecular flexibility index (Phi) is 5.41. The second-order valence-corrected chi connectivity index (χ2v) is 6.97. The van der Waals surface area contributed by atoms with Crippen molar-refractivity contribution in [2.45, 2.75) is 19.3 Å². The standard InChI is InChI=1S/C21H25N5O2/c1-28-18-7-4-6-17(16-18)24-12-14-25(15-13-24)21(27)10-5-9-20-23-22-19-8-2-3-11-26(19)20/h2-4,6-8,11,16H,5,9-10,12-15H2,1H3. The molecule has 3 aromatic rings. The van der Waals surface area contributed by atoms with Gasteiger partial charge in [0, 0.05) is 57.0 Å². The number of hydrogen-bond acceptors (Lipinski definition) is 5. The van der Waals surface area contributed by atoms with Gasteiger partial charge in [0.15, 0.2) is 5.65 Å². The number of nitrogens with zero attached hydrogens (tertiary/aromatic N) is 5. The summed E-state index contributed by atoms with van der Waals surface area (Å²) in [5.41, 5.74) is 1.99. The molecule has 1 fully saturated rings. The number of methoxy groups -OCH3 is 1. The Morgan fingerprint density at radius 3 is 2.75 bits per heavy atom. The van der Waals surface area contributed by atoms with Gasteiger partial charge >= 0.3 is 0 Å². The van der Waals surface area contributed by atoms with E-state index in [1.807, 2.05) is 51.9 Å². The first kappa shape index (κ1) is 18.3. The fourth-order valence-corrected chi connectivity index (χ4v) is 3.64. The SMILES string of the molecule is COc1cccc(N2CCN(C(=O)CCCc3nnc4ccccn34)CC2)c1. The van der Waals surface area contributed by atoms with Crippen LogP contribution in [0.5, 0.6) is 5.75 Å². The Morgan fingerprint density at radius 1 is 1.07 bits per heavy atom. The van der Waals surface area contributed by atoms with Gasteiger partial charge in [-0.15, -0.1) is 10.2 Å². The molecule has 0 saturated carbocycles. The lowest BCUT2D eigenvalue weighted by atomic mass is 10.2. The summed E-state index contributed by atoms with van der Waals surface area (Å²) in [5.74, 6) is 1.99. The molecule has 146 valence electrons. The second kappa shape index (κ2) is 8.29. The van der Waals surface area contributed by atoms with Crippen LogP contribution in [0.2, 0.25) is 0 Å². The topological polar surface area (TPSA) is 63.0 Å². The zero-order valence-electron chi connectivity index (χ0n) is 16.1. The molecule has 3 heterocycles. The Balaban J connectivity index is 1.26. The number of pyridine rings is 1. The van der Waals surface area contributed by atoms with E-state index in [9.17, 15) is 4.79 Å². The van der Waals surface area contributed by atoms with Crippen LogP contribution in [-0.4, -0.2) is 58.7 Å². The van der Waals surface area contributed by atoms with Crippen LogP contribution >= 0.6 is 0 Å². The van der Waals surface area contributed by atoms with Crippen molar-refractivity contribution in [3.8, 4) is 5.75 Å². The van der Waals surface area contributed by atoms with E-state index in [-0.39, 0.29) is 5.91 Å². The van der Waals surface area contributed by atoms with Crippen molar-refractivity contribution >= 4 is 17.2 Å². The molecule has 0 atom stereocenters. The van der Waals surface area contributed by atoms with Crippen molar-refractivity contribution in [1.29, 1.82) is 0 Å². The highest BCUT2D eigenvalue weighted by Gasteiger charge is 2.21. The van der Waals surface area contributed by atoms with Crippen LogP contribution in [0.1, 0.15) is 18.7 Å². The molecule has 1 aromatic carbocycles. The maximum atomic E-state index is 12.6. The molecule has 1 saturated heterocycles. The molecule has 4 rings (SSSR count). The molecule has 0 unspecified atom stereocenters. The van der Waals surface area contributed by atoms with Gasteiger partial charge in [-0.25, -0.2) is 0 Å². The number of anilines is 1. The number of amides is 1. The number of benzene rings is 1. The minimum Gasteiger partial charge on any atom is -0.497 e. The molecule has 0 aliphatic carbocycles. The number of carbonyl (C=O) groups is 1. The highest BCUT2D eigenvalue weighted by atomic mass is 16.5. The van der Waals surface area contributed by atoms with E-state index in [1.165, 1.54) is 0 Å².